The normalized spacial score (nSPS) is 13.6. The van der Waals surface area contributed by atoms with Gasteiger partial charge in [0.2, 0.25) is 5.91 Å². The maximum atomic E-state index is 11.9. The van der Waals surface area contributed by atoms with Gasteiger partial charge in [0.1, 0.15) is 5.82 Å². The first-order valence-corrected chi connectivity index (χ1v) is 6.60. The number of carbonyl (C=O) groups excluding carboxylic acids is 1. The van der Waals surface area contributed by atoms with Gasteiger partial charge >= 0.3 is 0 Å². The van der Waals surface area contributed by atoms with E-state index in [-0.39, 0.29) is 5.91 Å². The predicted octanol–water partition coefficient (Wildman–Crippen LogP) is 3.26. The van der Waals surface area contributed by atoms with Gasteiger partial charge in [-0.15, -0.1) is 0 Å². The molecule has 1 heterocycles. The van der Waals surface area contributed by atoms with E-state index in [1.54, 1.807) is 11.5 Å². The molecule has 0 atom stereocenters. The Labute approximate surface area is 110 Å². The molecule has 4 rings (SSSR count). The Bertz CT molecular complexity index is 858. The predicted molar refractivity (Wildman–Crippen MR) is 75.7 cm³/mol. The zero-order chi connectivity index (χ0) is 13.1. The molecule has 0 radical (unpaired) electrons. The van der Waals surface area contributed by atoms with Gasteiger partial charge in [-0.2, -0.15) is 0 Å². The van der Waals surface area contributed by atoms with Gasteiger partial charge in [-0.3, -0.25) is 9.36 Å². The van der Waals surface area contributed by atoms with Crippen LogP contribution in [0.2, 0.25) is 0 Å². The van der Waals surface area contributed by atoms with Gasteiger partial charge in [0.15, 0.2) is 0 Å². The van der Waals surface area contributed by atoms with Gasteiger partial charge in [0.25, 0.3) is 0 Å². The van der Waals surface area contributed by atoms with E-state index in [1.165, 1.54) is 21.9 Å². The van der Waals surface area contributed by atoms with E-state index in [0.29, 0.717) is 0 Å². The minimum absolute atomic E-state index is 0.0266. The van der Waals surface area contributed by atoms with Crippen LogP contribution in [0.1, 0.15) is 28.7 Å². The zero-order valence-corrected chi connectivity index (χ0v) is 11.0. The summed E-state index contributed by atoms with van der Waals surface area (Å²) in [5, 5.41) is 2.50. The number of hydrogen-bond acceptors (Lipinski definition) is 2. The monoisotopic (exact) mass is 250 g/mol. The molecule has 1 aromatic heterocycles. The average Bonchev–Trinajstić information content (AvgIpc) is 2.92. The fourth-order valence-electron chi connectivity index (χ4n) is 3.39. The van der Waals surface area contributed by atoms with Gasteiger partial charge in [-0.1, -0.05) is 18.2 Å². The van der Waals surface area contributed by atoms with E-state index in [9.17, 15) is 4.79 Å². The Morgan fingerprint density at radius 3 is 2.84 bits per heavy atom. The fourth-order valence-corrected chi connectivity index (χ4v) is 3.39. The maximum Gasteiger partial charge on any atom is 0.229 e. The molecule has 1 aliphatic carbocycles. The Morgan fingerprint density at radius 2 is 2.05 bits per heavy atom. The van der Waals surface area contributed by atoms with Gasteiger partial charge in [-0.25, -0.2) is 4.98 Å². The van der Waals surface area contributed by atoms with Crippen LogP contribution in [0.5, 0.6) is 0 Å². The lowest BCUT2D eigenvalue weighted by Gasteiger charge is -2.06. The number of hydrogen-bond donors (Lipinski definition) is 0. The third kappa shape index (κ3) is 1.27. The Hall–Kier alpha value is -2.16. The number of imidazole rings is 1. The second-order valence-electron chi connectivity index (χ2n) is 5.26. The number of aromatic nitrogens is 2. The summed E-state index contributed by atoms with van der Waals surface area (Å²) in [6.45, 7) is 3.49. The molecule has 19 heavy (non-hydrogen) atoms. The van der Waals surface area contributed by atoms with Crippen molar-refractivity contribution in [2.45, 2.75) is 26.7 Å². The summed E-state index contributed by atoms with van der Waals surface area (Å²) >= 11 is 0. The smallest absolute Gasteiger partial charge is 0.229 e. The molecule has 0 saturated carbocycles. The summed E-state index contributed by atoms with van der Waals surface area (Å²) in [5.41, 5.74) is 4.66. The Morgan fingerprint density at radius 1 is 1.26 bits per heavy atom. The van der Waals surface area contributed by atoms with Crippen LogP contribution in [0.3, 0.4) is 0 Å². The highest BCUT2D eigenvalue weighted by Crippen LogP contribution is 2.36. The van der Waals surface area contributed by atoms with E-state index in [4.69, 9.17) is 0 Å². The lowest BCUT2D eigenvalue weighted by Crippen LogP contribution is -2.07. The second kappa shape index (κ2) is 3.44. The summed E-state index contributed by atoms with van der Waals surface area (Å²) in [5.74, 6) is 0.797. The van der Waals surface area contributed by atoms with Crippen molar-refractivity contribution in [1.82, 2.24) is 9.55 Å². The molecule has 94 valence electrons. The maximum absolute atomic E-state index is 11.9. The fraction of sp³-hybridized carbons (Fsp3) is 0.250. The third-order valence-electron chi connectivity index (χ3n) is 4.09. The molecule has 0 amide bonds. The van der Waals surface area contributed by atoms with Crippen LogP contribution in [0, 0.1) is 6.92 Å². The largest absolute Gasteiger partial charge is 0.274 e. The zero-order valence-electron chi connectivity index (χ0n) is 11.0. The van der Waals surface area contributed by atoms with Crippen LogP contribution < -0.4 is 0 Å². The molecule has 0 N–H and O–H groups in total. The first-order chi connectivity index (χ1) is 9.16. The van der Waals surface area contributed by atoms with Crippen LogP contribution >= 0.6 is 0 Å². The molecule has 0 fully saturated rings. The van der Waals surface area contributed by atoms with Crippen molar-refractivity contribution in [2.75, 3.05) is 0 Å². The summed E-state index contributed by atoms with van der Waals surface area (Å²) in [6.07, 6.45) is 2.18. The average molecular weight is 250 g/mol. The molecule has 2 aromatic carbocycles. The summed E-state index contributed by atoms with van der Waals surface area (Å²) in [7, 11) is 0. The molecule has 3 nitrogen and oxygen atoms in total. The summed E-state index contributed by atoms with van der Waals surface area (Å²) in [6, 6.07) is 8.53. The number of fused-ring (bicyclic) bond motifs is 2. The molecular weight excluding hydrogens is 236 g/mol. The number of benzene rings is 2. The van der Waals surface area contributed by atoms with Crippen LogP contribution in [0.4, 0.5) is 0 Å². The number of aryl methyl sites for hydroxylation is 3. The minimum atomic E-state index is 0.0266. The SMILES string of the molecule is CC(=O)n1c(C)nc2cc3c4c(cccc4c21)CC3. The van der Waals surface area contributed by atoms with Gasteiger partial charge in [0, 0.05) is 12.3 Å². The molecule has 3 heteroatoms. The molecule has 0 unspecified atom stereocenters. The van der Waals surface area contributed by atoms with Crippen LogP contribution in [0.25, 0.3) is 21.8 Å². The topological polar surface area (TPSA) is 34.9 Å². The summed E-state index contributed by atoms with van der Waals surface area (Å²) in [4.78, 5) is 16.5. The molecule has 1 aliphatic rings. The van der Waals surface area contributed by atoms with Crippen LogP contribution in [0.15, 0.2) is 24.3 Å². The molecule has 0 saturated heterocycles. The molecule has 0 bridgehead atoms. The first-order valence-electron chi connectivity index (χ1n) is 6.60. The van der Waals surface area contributed by atoms with Crippen molar-refractivity contribution in [3.05, 3.63) is 41.2 Å². The van der Waals surface area contributed by atoms with Crippen LogP contribution in [-0.4, -0.2) is 15.5 Å². The standard InChI is InChI=1S/C16H14N2O/c1-9-17-14-8-12-7-6-11-4-3-5-13(15(11)12)16(14)18(9)10(2)19/h3-5,8H,6-7H2,1-2H3. The van der Waals surface area contributed by atoms with Crippen molar-refractivity contribution in [1.29, 1.82) is 0 Å². The quantitative estimate of drug-likeness (QED) is 0.614. The first kappa shape index (κ1) is 10.7. The van der Waals surface area contributed by atoms with Gasteiger partial charge < -0.3 is 0 Å². The molecule has 0 aliphatic heterocycles. The Kier molecular flexibility index (Phi) is 1.94. The Balaban J connectivity index is 2.31. The van der Waals surface area contributed by atoms with Crippen molar-refractivity contribution in [3.63, 3.8) is 0 Å². The van der Waals surface area contributed by atoms with Gasteiger partial charge in [-0.05, 0) is 42.3 Å². The molecule has 3 aromatic rings. The van der Waals surface area contributed by atoms with Crippen molar-refractivity contribution < 1.29 is 4.79 Å². The van der Waals surface area contributed by atoms with Crippen molar-refractivity contribution >= 4 is 27.7 Å². The number of nitrogens with zero attached hydrogens (tertiary/aromatic N) is 2. The lowest BCUT2D eigenvalue weighted by molar-refractivity contribution is 0.0939. The van der Waals surface area contributed by atoms with Crippen LogP contribution in [-0.2, 0) is 12.8 Å². The van der Waals surface area contributed by atoms with E-state index in [1.807, 2.05) is 6.92 Å². The minimum Gasteiger partial charge on any atom is -0.274 e. The number of carbonyl (C=O) groups is 1. The van der Waals surface area contributed by atoms with E-state index in [2.05, 4.69) is 29.2 Å². The molecule has 0 spiro atoms. The summed E-state index contributed by atoms with van der Waals surface area (Å²) < 4.78 is 1.73. The highest BCUT2D eigenvalue weighted by atomic mass is 16.1. The van der Waals surface area contributed by atoms with E-state index >= 15 is 0 Å². The molecular formula is C16H14N2O. The van der Waals surface area contributed by atoms with Crippen molar-refractivity contribution in [2.24, 2.45) is 0 Å². The lowest BCUT2D eigenvalue weighted by atomic mass is 10.0. The highest BCUT2D eigenvalue weighted by Gasteiger charge is 2.20. The van der Waals surface area contributed by atoms with Gasteiger partial charge in [0.05, 0.1) is 11.0 Å². The van der Waals surface area contributed by atoms with E-state index in [0.717, 1.165) is 29.7 Å². The van der Waals surface area contributed by atoms with Crippen molar-refractivity contribution in [3.8, 4) is 0 Å². The highest BCUT2D eigenvalue weighted by molar-refractivity contribution is 6.11. The van der Waals surface area contributed by atoms with E-state index < -0.39 is 0 Å². The third-order valence-corrected chi connectivity index (χ3v) is 4.09. The number of rotatable bonds is 0. The second-order valence-corrected chi connectivity index (χ2v) is 5.26.